The van der Waals surface area contributed by atoms with Crippen molar-refractivity contribution in [3.05, 3.63) is 22.6 Å². The number of ether oxygens (including phenoxy) is 3. The summed E-state index contributed by atoms with van der Waals surface area (Å²) in [6.07, 6.45) is 1.61. The van der Waals surface area contributed by atoms with Crippen LogP contribution in [0.1, 0.15) is 12.5 Å². The van der Waals surface area contributed by atoms with E-state index in [4.69, 9.17) is 31.5 Å². The topological polar surface area (TPSA) is 85.3 Å². The van der Waals surface area contributed by atoms with Crippen LogP contribution in [0.25, 0.3) is 6.08 Å². The van der Waals surface area contributed by atoms with Crippen LogP contribution in [-0.4, -0.2) is 53.6 Å². The van der Waals surface area contributed by atoms with Gasteiger partial charge in [0.1, 0.15) is 10.4 Å². The van der Waals surface area contributed by atoms with E-state index in [1.807, 2.05) is 0 Å². The largest absolute Gasteiger partial charge is 0.493 e. The standard InChI is InChI=1S/C16H17NO6S2/c1-8(15(19)20)17-14(18)12(25-16(17)24)7-9-5-10(21-2)13(23-4)11(6-9)22-3/h5-8H,1-4H3,(H,19,20)/t8-/m0/s1. The maximum atomic E-state index is 12.5. The molecule has 0 saturated carbocycles. The van der Waals surface area contributed by atoms with E-state index in [9.17, 15) is 9.59 Å². The molecule has 1 heterocycles. The summed E-state index contributed by atoms with van der Waals surface area (Å²) in [7, 11) is 4.49. The van der Waals surface area contributed by atoms with Gasteiger partial charge in [-0.3, -0.25) is 9.69 Å². The Morgan fingerprint density at radius 2 is 1.80 bits per heavy atom. The van der Waals surface area contributed by atoms with E-state index in [2.05, 4.69) is 0 Å². The molecule has 25 heavy (non-hydrogen) atoms. The first-order valence-electron chi connectivity index (χ1n) is 7.13. The molecular formula is C16H17NO6S2. The number of amides is 1. The number of hydrogen-bond donors (Lipinski definition) is 1. The molecule has 1 fully saturated rings. The van der Waals surface area contributed by atoms with Crippen molar-refractivity contribution in [3.8, 4) is 17.2 Å². The zero-order chi connectivity index (χ0) is 18.7. The van der Waals surface area contributed by atoms with Crippen LogP contribution in [0.4, 0.5) is 0 Å². The summed E-state index contributed by atoms with van der Waals surface area (Å²) in [4.78, 5) is 25.1. The van der Waals surface area contributed by atoms with Crippen LogP contribution in [0.5, 0.6) is 17.2 Å². The first-order chi connectivity index (χ1) is 11.8. The third-order valence-corrected chi connectivity index (χ3v) is 4.88. The highest BCUT2D eigenvalue weighted by Crippen LogP contribution is 2.40. The van der Waals surface area contributed by atoms with Crippen LogP contribution in [-0.2, 0) is 9.59 Å². The lowest BCUT2D eigenvalue weighted by Crippen LogP contribution is -2.41. The summed E-state index contributed by atoms with van der Waals surface area (Å²) in [6.45, 7) is 1.41. The molecule has 1 aliphatic rings. The van der Waals surface area contributed by atoms with E-state index in [1.54, 1.807) is 18.2 Å². The molecule has 2 rings (SSSR count). The highest BCUT2D eigenvalue weighted by atomic mass is 32.2. The van der Waals surface area contributed by atoms with Crippen LogP contribution in [0.3, 0.4) is 0 Å². The first-order valence-corrected chi connectivity index (χ1v) is 8.36. The quantitative estimate of drug-likeness (QED) is 0.592. The van der Waals surface area contributed by atoms with Gasteiger partial charge in [-0.05, 0) is 30.7 Å². The van der Waals surface area contributed by atoms with Gasteiger partial charge in [0, 0.05) is 0 Å². The van der Waals surface area contributed by atoms with Gasteiger partial charge in [0.2, 0.25) is 5.75 Å². The number of carboxylic acid groups (broad SMARTS) is 1. The maximum Gasteiger partial charge on any atom is 0.326 e. The molecule has 0 spiro atoms. The molecule has 1 amide bonds. The normalized spacial score (nSPS) is 17.0. The van der Waals surface area contributed by atoms with Gasteiger partial charge < -0.3 is 19.3 Å². The highest BCUT2D eigenvalue weighted by Gasteiger charge is 2.38. The van der Waals surface area contributed by atoms with Gasteiger partial charge >= 0.3 is 5.97 Å². The maximum absolute atomic E-state index is 12.5. The smallest absolute Gasteiger partial charge is 0.326 e. The van der Waals surface area contributed by atoms with Gasteiger partial charge in [0.05, 0.1) is 26.2 Å². The first kappa shape index (κ1) is 19.1. The molecule has 1 N–H and O–H groups in total. The van der Waals surface area contributed by atoms with Crippen molar-refractivity contribution in [2.24, 2.45) is 0 Å². The molecule has 9 heteroatoms. The van der Waals surface area contributed by atoms with Crippen molar-refractivity contribution in [1.29, 1.82) is 0 Å². The number of thioether (sulfide) groups is 1. The Labute approximate surface area is 154 Å². The van der Waals surface area contributed by atoms with E-state index >= 15 is 0 Å². The van der Waals surface area contributed by atoms with E-state index in [0.717, 1.165) is 16.7 Å². The number of thiocarbonyl (C=S) groups is 1. The van der Waals surface area contributed by atoms with Crippen molar-refractivity contribution in [1.82, 2.24) is 4.90 Å². The zero-order valence-electron chi connectivity index (χ0n) is 14.1. The lowest BCUT2D eigenvalue weighted by Gasteiger charge is -2.18. The summed E-state index contributed by atoms with van der Waals surface area (Å²) >= 11 is 6.19. The Morgan fingerprint density at radius 3 is 2.24 bits per heavy atom. The second-order valence-corrected chi connectivity index (χ2v) is 6.70. The molecular weight excluding hydrogens is 366 g/mol. The van der Waals surface area contributed by atoms with Crippen molar-refractivity contribution in [2.45, 2.75) is 13.0 Å². The van der Waals surface area contributed by atoms with Gasteiger partial charge in [-0.2, -0.15) is 0 Å². The van der Waals surface area contributed by atoms with Gasteiger partial charge in [0.15, 0.2) is 11.5 Å². The Kier molecular flexibility index (Phi) is 5.91. The van der Waals surface area contributed by atoms with Crippen molar-refractivity contribution in [3.63, 3.8) is 0 Å². The summed E-state index contributed by atoms with van der Waals surface area (Å²) < 4.78 is 16.0. The molecule has 7 nitrogen and oxygen atoms in total. The van der Waals surface area contributed by atoms with Crippen LogP contribution in [0.2, 0.25) is 0 Å². The molecule has 134 valence electrons. The van der Waals surface area contributed by atoms with Crippen molar-refractivity contribution < 1.29 is 28.9 Å². The highest BCUT2D eigenvalue weighted by molar-refractivity contribution is 8.26. The summed E-state index contributed by atoms with van der Waals surface area (Å²) in [5, 5.41) is 9.12. The number of carboxylic acids is 1. The lowest BCUT2D eigenvalue weighted by atomic mass is 10.1. The third-order valence-electron chi connectivity index (χ3n) is 3.55. The van der Waals surface area contributed by atoms with E-state index in [0.29, 0.717) is 27.7 Å². The van der Waals surface area contributed by atoms with Gasteiger partial charge in [-0.25, -0.2) is 4.79 Å². The second-order valence-electron chi connectivity index (χ2n) is 5.02. The molecule has 1 saturated heterocycles. The molecule has 0 unspecified atom stereocenters. The average molecular weight is 383 g/mol. The van der Waals surface area contributed by atoms with Gasteiger partial charge in [-0.1, -0.05) is 24.0 Å². The minimum Gasteiger partial charge on any atom is -0.493 e. The van der Waals surface area contributed by atoms with Gasteiger partial charge in [-0.15, -0.1) is 0 Å². The number of benzene rings is 1. The molecule has 1 aromatic carbocycles. The van der Waals surface area contributed by atoms with Crippen molar-refractivity contribution in [2.75, 3.05) is 21.3 Å². The fourth-order valence-electron chi connectivity index (χ4n) is 2.26. The average Bonchev–Trinajstić information content (AvgIpc) is 2.86. The summed E-state index contributed by atoms with van der Waals surface area (Å²) in [6, 6.07) is 2.35. The summed E-state index contributed by atoms with van der Waals surface area (Å²) in [5.74, 6) is -0.233. The molecule has 0 radical (unpaired) electrons. The fraction of sp³-hybridized carbons (Fsp3) is 0.312. The van der Waals surface area contributed by atoms with E-state index in [-0.39, 0.29) is 4.32 Å². The van der Waals surface area contributed by atoms with Crippen molar-refractivity contribution >= 4 is 46.3 Å². The Bertz CT molecular complexity index is 736. The molecule has 0 bridgehead atoms. The van der Waals surface area contributed by atoms with Crippen LogP contribution in [0, 0.1) is 0 Å². The SMILES string of the molecule is COc1cc(C=C2SC(=S)N([C@@H](C)C(=O)O)C2=O)cc(OC)c1OC. The number of rotatable bonds is 6. The predicted octanol–water partition coefficient (Wildman–Crippen LogP) is 2.39. The number of carbonyl (C=O) groups is 2. The van der Waals surface area contributed by atoms with Crippen LogP contribution < -0.4 is 14.2 Å². The Morgan fingerprint density at radius 1 is 1.24 bits per heavy atom. The molecule has 1 aliphatic heterocycles. The number of aliphatic carboxylic acids is 1. The van der Waals surface area contributed by atoms with Crippen LogP contribution in [0.15, 0.2) is 17.0 Å². The molecule has 0 aliphatic carbocycles. The second kappa shape index (κ2) is 7.75. The third kappa shape index (κ3) is 3.72. The van der Waals surface area contributed by atoms with Crippen LogP contribution >= 0.6 is 24.0 Å². The minimum atomic E-state index is -1.12. The Hall–Kier alpha value is -2.26. The number of nitrogens with zero attached hydrogens (tertiary/aromatic N) is 1. The van der Waals surface area contributed by atoms with E-state index < -0.39 is 17.9 Å². The van der Waals surface area contributed by atoms with E-state index in [1.165, 1.54) is 28.3 Å². The zero-order valence-corrected chi connectivity index (χ0v) is 15.7. The number of carbonyl (C=O) groups excluding carboxylic acids is 1. The molecule has 0 aromatic heterocycles. The Balaban J connectivity index is 2.43. The lowest BCUT2D eigenvalue weighted by molar-refractivity contribution is -0.144. The minimum absolute atomic E-state index is 0.207. The summed E-state index contributed by atoms with van der Waals surface area (Å²) in [5.41, 5.74) is 0.637. The number of methoxy groups -OCH3 is 3. The monoisotopic (exact) mass is 383 g/mol. The molecule has 1 atom stereocenters. The van der Waals surface area contributed by atoms with Gasteiger partial charge in [0.25, 0.3) is 5.91 Å². The fourth-order valence-corrected chi connectivity index (χ4v) is 3.68. The number of hydrogen-bond acceptors (Lipinski definition) is 7. The predicted molar refractivity (Wildman–Crippen MR) is 98.2 cm³/mol. The molecule has 1 aromatic rings.